The van der Waals surface area contributed by atoms with Gasteiger partial charge in [-0.15, -0.1) is 6.42 Å². The number of amides is 4. The topological polar surface area (TPSA) is 181 Å². The molecule has 14 nitrogen and oxygen atoms in total. The van der Waals surface area contributed by atoms with Crippen LogP contribution in [0.25, 0.3) is 0 Å². The zero-order valence-electron chi connectivity index (χ0n) is 38.1. The number of ketones is 1. The predicted octanol–water partition coefficient (Wildman–Crippen LogP) is 5.32. The van der Waals surface area contributed by atoms with E-state index in [2.05, 4.69) is 27.2 Å². The van der Waals surface area contributed by atoms with Gasteiger partial charge in [0.15, 0.2) is 11.4 Å². The number of ether oxygens (including phenoxy) is 3. The van der Waals surface area contributed by atoms with Crippen LogP contribution in [-0.4, -0.2) is 108 Å². The summed E-state index contributed by atoms with van der Waals surface area (Å²) in [6, 6.07) is 21.3. The van der Waals surface area contributed by atoms with Crippen molar-refractivity contribution in [3.8, 4) is 12.3 Å². The monoisotopic (exact) mass is 1010 g/mol. The van der Waals surface area contributed by atoms with E-state index >= 15 is 0 Å². The molecule has 3 aromatic rings. The van der Waals surface area contributed by atoms with E-state index in [1.807, 2.05) is 116 Å². The van der Waals surface area contributed by atoms with Gasteiger partial charge in [0.1, 0.15) is 24.7 Å². The summed E-state index contributed by atoms with van der Waals surface area (Å²) in [7, 11) is 0. The lowest BCUT2D eigenvalue weighted by molar-refractivity contribution is -0.141. The van der Waals surface area contributed by atoms with Crippen molar-refractivity contribution in [2.75, 3.05) is 37.3 Å². The molecule has 0 bridgehead atoms. The maximum absolute atomic E-state index is 14.4. The van der Waals surface area contributed by atoms with Gasteiger partial charge in [0.25, 0.3) is 0 Å². The van der Waals surface area contributed by atoms with Crippen LogP contribution in [0.2, 0.25) is 0 Å². The van der Waals surface area contributed by atoms with E-state index in [9.17, 15) is 28.8 Å². The highest BCUT2D eigenvalue weighted by atomic mass is 127. The SMILES string of the molecule is C#Cc1ccc(COC(=O)O[C@](C)(CI)C(=O)[C@H](CC(C)C)NC(=O)[C@H](Cc2ccccc2)NC(=O)[C@H](CC(C)C)NC(=O)[C@H](CCc2ccccc2)NC(=O)CN2CCOCC2)cc1. The third-order valence-corrected chi connectivity index (χ3v) is 12.3. The average molecular weight is 1010 g/mol. The predicted molar refractivity (Wildman–Crippen MR) is 257 cm³/mol. The highest BCUT2D eigenvalue weighted by molar-refractivity contribution is 14.1. The summed E-state index contributed by atoms with van der Waals surface area (Å²) < 4.78 is 16.5. The Labute approximate surface area is 397 Å². The molecule has 4 N–H and O–H groups in total. The summed E-state index contributed by atoms with van der Waals surface area (Å²) in [5.74, 6) is -0.222. The van der Waals surface area contributed by atoms with Gasteiger partial charge in [0.2, 0.25) is 23.6 Å². The number of Topliss-reactive ketones (excluding diaryl/α,β-unsaturated/α-hetero) is 1. The number of hydrogen-bond donors (Lipinski definition) is 4. The number of halogens is 1. The zero-order valence-corrected chi connectivity index (χ0v) is 40.3. The minimum absolute atomic E-state index is 0.0502. The van der Waals surface area contributed by atoms with Crippen LogP contribution in [0.1, 0.15) is 76.1 Å². The minimum Gasteiger partial charge on any atom is -0.429 e. The van der Waals surface area contributed by atoms with Crippen LogP contribution < -0.4 is 21.3 Å². The lowest BCUT2D eigenvalue weighted by Gasteiger charge is -2.32. The van der Waals surface area contributed by atoms with Gasteiger partial charge in [0, 0.05) is 29.5 Å². The van der Waals surface area contributed by atoms with Gasteiger partial charge in [-0.2, -0.15) is 0 Å². The molecule has 0 aromatic heterocycles. The lowest BCUT2D eigenvalue weighted by Crippen LogP contribution is -2.60. The smallest absolute Gasteiger partial charge is 0.429 e. The molecule has 4 rings (SSSR count). The van der Waals surface area contributed by atoms with Crippen molar-refractivity contribution < 1.29 is 43.0 Å². The van der Waals surface area contributed by atoms with Crippen LogP contribution in [-0.2, 0) is 57.6 Å². The summed E-state index contributed by atoms with van der Waals surface area (Å²) in [6.45, 7) is 11.3. The maximum atomic E-state index is 14.4. The Balaban J connectivity index is 1.53. The van der Waals surface area contributed by atoms with Gasteiger partial charge >= 0.3 is 6.16 Å². The third kappa shape index (κ3) is 17.9. The number of nitrogens with one attached hydrogen (secondary N) is 4. The van der Waals surface area contributed by atoms with Gasteiger partial charge in [-0.25, -0.2) is 4.79 Å². The molecule has 350 valence electrons. The highest BCUT2D eigenvalue weighted by Crippen LogP contribution is 2.23. The van der Waals surface area contributed by atoms with Gasteiger partial charge in [-0.1, -0.05) is 129 Å². The van der Waals surface area contributed by atoms with E-state index in [1.54, 1.807) is 24.3 Å². The molecule has 65 heavy (non-hydrogen) atoms. The Morgan fingerprint density at radius 2 is 1.26 bits per heavy atom. The molecule has 0 aliphatic carbocycles. The van der Waals surface area contributed by atoms with Crippen LogP contribution in [0.15, 0.2) is 84.9 Å². The van der Waals surface area contributed by atoms with Crippen LogP contribution in [0, 0.1) is 24.2 Å². The summed E-state index contributed by atoms with van der Waals surface area (Å²) in [4.78, 5) is 85.6. The van der Waals surface area contributed by atoms with Gasteiger partial charge in [-0.05, 0) is 73.3 Å². The van der Waals surface area contributed by atoms with Crippen molar-refractivity contribution >= 4 is 58.2 Å². The molecule has 1 saturated heterocycles. The number of carbonyl (C=O) groups is 6. The maximum Gasteiger partial charge on any atom is 0.509 e. The second kappa shape index (κ2) is 26.6. The van der Waals surface area contributed by atoms with Gasteiger partial charge in [0.05, 0.1) is 25.8 Å². The second-order valence-corrected chi connectivity index (χ2v) is 18.1. The molecule has 1 aliphatic heterocycles. The molecule has 1 heterocycles. The second-order valence-electron chi connectivity index (χ2n) is 17.4. The number of alkyl halides is 1. The van der Waals surface area contributed by atoms with Crippen LogP contribution >= 0.6 is 22.6 Å². The van der Waals surface area contributed by atoms with E-state index in [4.69, 9.17) is 20.6 Å². The zero-order chi connectivity index (χ0) is 47.4. The molecule has 1 aliphatic rings. The third-order valence-electron chi connectivity index (χ3n) is 10.8. The summed E-state index contributed by atoms with van der Waals surface area (Å²) in [5.41, 5.74) is 1.39. The molecule has 0 saturated carbocycles. The molecule has 0 unspecified atom stereocenters. The number of aryl methyl sites for hydroxylation is 1. The van der Waals surface area contributed by atoms with Crippen LogP contribution in [0.4, 0.5) is 4.79 Å². The largest absolute Gasteiger partial charge is 0.509 e. The number of rotatable bonds is 24. The molecular weight excluding hydrogens is 941 g/mol. The summed E-state index contributed by atoms with van der Waals surface area (Å²) in [6.07, 6.45) is 5.67. The highest BCUT2D eigenvalue weighted by Gasteiger charge is 2.43. The number of carbonyl (C=O) groups excluding carboxylic acids is 6. The first-order valence-corrected chi connectivity index (χ1v) is 23.7. The standard InChI is InChI=1S/C50H64IN5O9/c1-7-36-18-20-39(21-19-36)32-64-49(62)65-50(6,33-51)45(58)41(28-34(2)3)53-48(61)43(30-38-16-12-9-13-17-38)55-47(60)42(29-35(4)5)54-46(59)40(23-22-37-14-10-8-11-15-37)52-44(57)31-56-24-26-63-27-25-56/h1,8-21,34-35,40-43H,22-33H2,2-6H3,(H,52,57)(H,53,61)(H,54,59)(H,55,60)/t40-,41-,42-,43-,50+/m0/s1. The Hall–Kier alpha value is -5.31. The first-order chi connectivity index (χ1) is 31.1. The van der Waals surface area contributed by atoms with E-state index in [0.717, 1.165) is 11.1 Å². The normalized spacial score (nSPS) is 15.6. The van der Waals surface area contributed by atoms with Crippen LogP contribution in [0.3, 0.4) is 0 Å². The molecule has 3 aromatic carbocycles. The Morgan fingerprint density at radius 3 is 1.85 bits per heavy atom. The Morgan fingerprint density at radius 1 is 0.723 bits per heavy atom. The van der Waals surface area contributed by atoms with E-state index in [0.29, 0.717) is 43.9 Å². The fourth-order valence-electron chi connectivity index (χ4n) is 7.27. The van der Waals surface area contributed by atoms with E-state index in [-0.39, 0.29) is 61.0 Å². The van der Waals surface area contributed by atoms with E-state index in [1.165, 1.54) is 6.92 Å². The van der Waals surface area contributed by atoms with Gasteiger partial charge in [-0.3, -0.25) is 28.9 Å². The number of hydrogen-bond acceptors (Lipinski definition) is 10. The lowest BCUT2D eigenvalue weighted by atomic mass is 9.90. The fourth-order valence-corrected chi connectivity index (χ4v) is 7.81. The van der Waals surface area contributed by atoms with Crippen molar-refractivity contribution in [1.82, 2.24) is 26.2 Å². The van der Waals surface area contributed by atoms with Crippen molar-refractivity contribution in [3.63, 3.8) is 0 Å². The molecule has 15 heteroatoms. The van der Waals surface area contributed by atoms with Crippen molar-refractivity contribution in [2.45, 2.75) is 103 Å². The van der Waals surface area contributed by atoms with Crippen molar-refractivity contribution in [1.29, 1.82) is 0 Å². The molecule has 5 atom stereocenters. The Kier molecular flexibility index (Phi) is 21.4. The van der Waals surface area contributed by atoms with E-state index < -0.39 is 59.4 Å². The molecular formula is C50H64IN5O9. The quantitative estimate of drug-likeness (QED) is 0.0397. The first-order valence-electron chi connectivity index (χ1n) is 22.2. The molecule has 0 radical (unpaired) electrons. The number of morpholine rings is 1. The van der Waals surface area contributed by atoms with Gasteiger partial charge < -0.3 is 35.5 Å². The first kappa shape index (κ1) is 52.3. The Bertz CT molecular complexity index is 2060. The summed E-state index contributed by atoms with van der Waals surface area (Å²) >= 11 is 1.96. The number of nitrogens with zero attached hydrogens (tertiary/aromatic N) is 1. The minimum atomic E-state index is -1.68. The average Bonchev–Trinajstić information content (AvgIpc) is 3.29. The van der Waals surface area contributed by atoms with Crippen molar-refractivity contribution in [2.24, 2.45) is 11.8 Å². The molecule has 4 amide bonds. The van der Waals surface area contributed by atoms with Crippen LogP contribution in [0.5, 0.6) is 0 Å². The number of benzene rings is 3. The summed E-state index contributed by atoms with van der Waals surface area (Å²) in [5, 5.41) is 11.6. The molecule has 1 fully saturated rings. The van der Waals surface area contributed by atoms with Crippen molar-refractivity contribution in [3.05, 3.63) is 107 Å². The number of terminal acetylenes is 1. The fraction of sp³-hybridized carbons (Fsp3) is 0.480. The molecule has 0 spiro atoms.